The van der Waals surface area contributed by atoms with Crippen LogP contribution in [0.3, 0.4) is 0 Å². The van der Waals surface area contributed by atoms with E-state index in [2.05, 4.69) is 10.2 Å². The number of Topliss-reactive ketones (excluding diaryl/α,β-unsaturated/α-hetero) is 1. The van der Waals surface area contributed by atoms with Crippen LogP contribution >= 0.6 is 0 Å². The summed E-state index contributed by atoms with van der Waals surface area (Å²) in [5, 5.41) is 7.33. The molecule has 2 heterocycles. The van der Waals surface area contributed by atoms with Crippen LogP contribution in [0, 0.1) is 0 Å². The zero-order valence-corrected chi connectivity index (χ0v) is 13.8. The number of ketones is 1. The van der Waals surface area contributed by atoms with Gasteiger partial charge in [-0.1, -0.05) is 30.3 Å². The summed E-state index contributed by atoms with van der Waals surface area (Å²) in [6.07, 6.45) is 1.36. The van der Waals surface area contributed by atoms with Gasteiger partial charge in [0.15, 0.2) is 10.8 Å². The SMILES string of the molecule is Cn1ncc2c(c(S(=O)(=O)CC(=O)c3ccccc3)nn2C)c1=O. The Balaban J connectivity index is 2.11. The monoisotopic (exact) mass is 346 g/mol. The second kappa shape index (κ2) is 5.68. The van der Waals surface area contributed by atoms with Gasteiger partial charge in [-0.05, 0) is 0 Å². The van der Waals surface area contributed by atoms with Gasteiger partial charge in [0.05, 0.1) is 11.7 Å². The number of nitrogens with zero attached hydrogens (tertiary/aromatic N) is 4. The highest BCUT2D eigenvalue weighted by Crippen LogP contribution is 2.19. The van der Waals surface area contributed by atoms with E-state index >= 15 is 0 Å². The number of carbonyl (C=O) groups excluding carboxylic acids is 1. The molecule has 0 N–H and O–H groups in total. The number of hydrogen-bond donors (Lipinski definition) is 0. The maximum atomic E-state index is 12.6. The lowest BCUT2D eigenvalue weighted by molar-refractivity contribution is 0.102. The molecule has 0 aliphatic carbocycles. The molecule has 0 aliphatic heterocycles. The Morgan fingerprint density at radius 2 is 1.79 bits per heavy atom. The van der Waals surface area contributed by atoms with Crippen molar-refractivity contribution in [2.75, 3.05) is 5.75 Å². The Labute approximate surface area is 137 Å². The summed E-state index contributed by atoms with van der Waals surface area (Å²) < 4.78 is 27.6. The highest BCUT2D eigenvalue weighted by molar-refractivity contribution is 7.92. The lowest BCUT2D eigenvalue weighted by atomic mass is 10.2. The third-order valence-corrected chi connectivity index (χ3v) is 5.15. The van der Waals surface area contributed by atoms with Gasteiger partial charge in [0, 0.05) is 19.7 Å². The van der Waals surface area contributed by atoms with Crippen LogP contribution < -0.4 is 5.56 Å². The molecule has 2 aromatic heterocycles. The summed E-state index contributed by atoms with van der Waals surface area (Å²) >= 11 is 0. The lowest BCUT2D eigenvalue weighted by Gasteiger charge is -2.02. The van der Waals surface area contributed by atoms with Crippen molar-refractivity contribution in [3.05, 3.63) is 52.4 Å². The summed E-state index contributed by atoms with van der Waals surface area (Å²) in [5.41, 5.74) is 0.00560. The number of carbonyl (C=O) groups is 1. The minimum absolute atomic E-state index is 0.0594. The van der Waals surface area contributed by atoms with E-state index in [1.165, 1.54) is 37.1 Å². The molecule has 0 atom stereocenters. The zero-order chi connectivity index (χ0) is 17.5. The molecule has 8 nitrogen and oxygen atoms in total. The minimum Gasteiger partial charge on any atom is -0.293 e. The van der Waals surface area contributed by atoms with Gasteiger partial charge in [-0.15, -0.1) is 0 Å². The number of rotatable bonds is 4. The number of aromatic nitrogens is 4. The quantitative estimate of drug-likeness (QED) is 0.630. The fraction of sp³-hybridized carbons (Fsp3) is 0.200. The van der Waals surface area contributed by atoms with Crippen LogP contribution in [0.15, 0.2) is 46.3 Å². The average molecular weight is 346 g/mol. The summed E-state index contributed by atoms with van der Waals surface area (Å²) in [7, 11) is -1.14. The van der Waals surface area contributed by atoms with E-state index in [1.807, 2.05) is 0 Å². The molecule has 0 fully saturated rings. The van der Waals surface area contributed by atoms with E-state index in [0.29, 0.717) is 5.52 Å². The third kappa shape index (κ3) is 2.62. The molecule has 1 aromatic carbocycles. The Hall–Kier alpha value is -2.81. The summed E-state index contributed by atoms with van der Waals surface area (Å²) in [5.74, 6) is -1.31. The third-order valence-electron chi connectivity index (χ3n) is 3.63. The molecule has 0 saturated carbocycles. The van der Waals surface area contributed by atoms with Crippen LogP contribution in [-0.4, -0.2) is 39.5 Å². The summed E-state index contributed by atoms with van der Waals surface area (Å²) in [6, 6.07) is 8.11. The molecule has 0 bridgehead atoms. The predicted molar refractivity (Wildman–Crippen MR) is 86.6 cm³/mol. The molecule has 24 heavy (non-hydrogen) atoms. The van der Waals surface area contributed by atoms with Crippen LogP contribution in [0.2, 0.25) is 0 Å². The van der Waals surface area contributed by atoms with Gasteiger partial charge in [0.2, 0.25) is 9.84 Å². The van der Waals surface area contributed by atoms with Crippen LogP contribution in [-0.2, 0) is 23.9 Å². The number of benzene rings is 1. The van der Waals surface area contributed by atoms with Crippen molar-refractivity contribution in [1.82, 2.24) is 19.6 Å². The van der Waals surface area contributed by atoms with Crippen LogP contribution in [0.25, 0.3) is 10.9 Å². The molecule has 3 rings (SSSR count). The highest BCUT2D eigenvalue weighted by Gasteiger charge is 2.28. The van der Waals surface area contributed by atoms with Gasteiger partial charge in [-0.2, -0.15) is 10.2 Å². The molecule has 3 aromatic rings. The molecule has 0 spiro atoms. The first-order valence-electron chi connectivity index (χ1n) is 7.01. The largest absolute Gasteiger partial charge is 0.293 e. The maximum absolute atomic E-state index is 12.6. The van der Waals surface area contributed by atoms with Crippen LogP contribution in [0.4, 0.5) is 0 Å². The number of aryl methyl sites for hydroxylation is 2. The molecule has 9 heteroatoms. The van der Waals surface area contributed by atoms with Crippen molar-refractivity contribution in [3.8, 4) is 0 Å². The molecular weight excluding hydrogens is 332 g/mol. The second-order valence-electron chi connectivity index (χ2n) is 5.31. The normalized spacial score (nSPS) is 11.8. The summed E-state index contributed by atoms with van der Waals surface area (Å²) in [6.45, 7) is 0. The molecule has 0 unspecified atom stereocenters. The first kappa shape index (κ1) is 16.1. The van der Waals surface area contributed by atoms with Crippen molar-refractivity contribution >= 4 is 26.5 Å². The lowest BCUT2D eigenvalue weighted by Crippen LogP contribution is -2.22. The van der Waals surface area contributed by atoms with Crippen molar-refractivity contribution in [2.45, 2.75) is 5.03 Å². The second-order valence-corrected chi connectivity index (χ2v) is 7.22. The fourth-order valence-electron chi connectivity index (χ4n) is 2.38. The van der Waals surface area contributed by atoms with Crippen LogP contribution in [0.5, 0.6) is 0 Å². The van der Waals surface area contributed by atoms with Crippen molar-refractivity contribution in [1.29, 1.82) is 0 Å². The first-order valence-corrected chi connectivity index (χ1v) is 8.66. The van der Waals surface area contributed by atoms with Gasteiger partial charge in [-0.3, -0.25) is 14.3 Å². The topological polar surface area (TPSA) is 104 Å². The van der Waals surface area contributed by atoms with E-state index in [-0.39, 0.29) is 10.9 Å². The van der Waals surface area contributed by atoms with E-state index in [0.717, 1.165) is 4.68 Å². The van der Waals surface area contributed by atoms with Gasteiger partial charge in [0.1, 0.15) is 11.1 Å². The molecule has 0 radical (unpaired) electrons. The Morgan fingerprint density at radius 1 is 1.12 bits per heavy atom. The van der Waals surface area contributed by atoms with Crippen molar-refractivity contribution in [2.24, 2.45) is 14.1 Å². The average Bonchev–Trinajstić information content (AvgIpc) is 2.90. The molecule has 0 aliphatic rings. The van der Waals surface area contributed by atoms with E-state index in [9.17, 15) is 18.0 Å². The number of hydrogen-bond acceptors (Lipinski definition) is 6. The van der Waals surface area contributed by atoms with Crippen molar-refractivity contribution < 1.29 is 13.2 Å². The molecule has 0 amide bonds. The van der Waals surface area contributed by atoms with E-state index in [4.69, 9.17) is 0 Å². The van der Waals surface area contributed by atoms with E-state index in [1.54, 1.807) is 18.2 Å². The molecular formula is C15H14N4O4S. The smallest absolute Gasteiger partial charge is 0.278 e. The number of fused-ring (bicyclic) bond motifs is 1. The van der Waals surface area contributed by atoms with Gasteiger partial charge >= 0.3 is 0 Å². The van der Waals surface area contributed by atoms with Gasteiger partial charge < -0.3 is 0 Å². The Kier molecular flexibility index (Phi) is 3.80. The Bertz CT molecular complexity index is 1100. The first-order chi connectivity index (χ1) is 11.3. The van der Waals surface area contributed by atoms with Gasteiger partial charge in [0.25, 0.3) is 5.56 Å². The molecule has 0 saturated heterocycles. The number of sulfone groups is 1. The van der Waals surface area contributed by atoms with E-state index < -0.39 is 32.0 Å². The summed E-state index contributed by atoms with van der Waals surface area (Å²) in [4.78, 5) is 24.5. The van der Waals surface area contributed by atoms with Gasteiger partial charge in [-0.25, -0.2) is 13.1 Å². The van der Waals surface area contributed by atoms with Crippen molar-refractivity contribution in [3.63, 3.8) is 0 Å². The van der Waals surface area contributed by atoms with Crippen LogP contribution in [0.1, 0.15) is 10.4 Å². The fourth-order valence-corrected chi connectivity index (χ4v) is 3.78. The maximum Gasteiger partial charge on any atom is 0.278 e. The zero-order valence-electron chi connectivity index (χ0n) is 13.0. The predicted octanol–water partition coefficient (Wildman–Crippen LogP) is 0.324. The standard InChI is InChI=1S/C15H14N4O4S/c1-18-11-8-16-19(2)15(21)13(11)14(17-18)24(22,23)9-12(20)10-6-4-3-5-7-10/h3-8H,9H2,1-2H3. The molecule has 124 valence electrons. The minimum atomic E-state index is -4.08. The highest BCUT2D eigenvalue weighted by atomic mass is 32.2. The Morgan fingerprint density at radius 3 is 2.46 bits per heavy atom.